The van der Waals surface area contributed by atoms with Gasteiger partial charge < -0.3 is 9.47 Å². The Morgan fingerprint density at radius 1 is 1.12 bits per heavy atom. The summed E-state index contributed by atoms with van der Waals surface area (Å²) < 4.78 is 12.4. The van der Waals surface area contributed by atoms with Gasteiger partial charge in [-0.1, -0.05) is 0 Å². The van der Waals surface area contributed by atoms with Crippen molar-refractivity contribution in [2.24, 2.45) is 0 Å². The molecule has 5 nitrogen and oxygen atoms in total. The summed E-state index contributed by atoms with van der Waals surface area (Å²) in [6.45, 7) is 0.514. The number of hydrogen-bond acceptors (Lipinski definition) is 6. The summed E-state index contributed by atoms with van der Waals surface area (Å²) in [6, 6.07) is 7.61. The van der Waals surface area contributed by atoms with E-state index < -0.39 is 0 Å². The summed E-state index contributed by atoms with van der Waals surface area (Å²) >= 11 is 3.08. The molecular weight excluding hydrogens is 368 g/mol. The predicted octanol–water partition coefficient (Wildman–Crippen LogP) is 4.25. The summed E-state index contributed by atoms with van der Waals surface area (Å²) in [7, 11) is 3.22. The minimum absolute atomic E-state index is 0.0460. The molecule has 4 aromatic rings. The van der Waals surface area contributed by atoms with E-state index in [-0.39, 0.29) is 5.56 Å². The van der Waals surface area contributed by atoms with Gasteiger partial charge in [0.1, 0.15) is 16.3 Å². The van der Waals surface area contributed by atoms with Crippen LogP contribution in [0.3, 0.4) is 0 Å². The van der Waals surface area contributed by atoms with Gasteiger partial charge in [0.2, 0.25) is 0 Å². The summed E-state index contributed by atoms with van der Waals surface area (Å²) in [5.41, 5.74) is 2.74. The molecule has 132 valence electrons. The van der Waals surface area contributed by atoms with Gasteiger partial charge in [-0.25, -0.2) is 4.98 Å². The second kappa shape index (κ2) is 6.93. The average molecular weight is 384 g/mol. The highest BCUT2D eigenvalue weighted by molar-refractivity contribution is 7.17. The highest BCUT2D eigenvalue weighted by Gasteiger charge is 2.17. The molecule has 0 aliphatic rings. The van der Waals surface area contributed by atoms with Crippen LogP contribution in [0, 0.1) is 0 Å². The number of nitrogens with zero attached hydrogens (tertiary/aromatic N) is 2. The molecule has 26 heavy (non-hydrogen) atoms. The predicted molar refractivity (Wildman–Crippen MR) is 106 cm³/mol. The minimum Gasteiger partial charge on any atom is -0.497 e. The van der Waals surface area contributed by atoms with Crippen LogP contribution < -0.4 is 15.0 Å². The van der Waals surface area contributed by atoms with Gasteiger partial charge in [-0.2, -0.15) is 11.3 Å². The fraction of sp³-hybridized carbons (Fsp3) is 0.158. The summed E-state index contributed by atoms with van der Waals surface area (Å²) in [4.78, 5) is 18.3. The van der Waals surface area contributed by atoms with Crippen molar-refractivity contribution < 1.29 is 9.47 Å². The minimum atomic E-state index is -0.0460. The van der Waals surface area contributed by atoms with E-state index in [0.717, 1.165) is 21.5 Å². The number of thiophene rings is 2. The molecule has 0 N–H and O–H groups in total. The summed E-state index contributed by atoms with van der Waals surface area (Å²) in [5.74, 6) is 1.37. The van der Waals surface area contributed by atoms with Crippen molar-refractivity contribution in [1.82, 2.24) is 9.55 Å². The molecule has 0 bridgehead atoms. The van der Waals surface area contributed by atoms with Crippen molar-refractivity contribution in [3.63, 3.8) is 0 Å². The molecule has 0 aliphatic carbocycles. The van der Waals surface area contributed by atoms with E-state index in [1.807, 2.05) is 40.4 Å². The molecule has 7 heteroatoms. The highest BCUT2D eigenvalue weighted by atomic mass is 32.1. The van der Waals surface area contributed by atoms with Gasteiger partial charge >= 0.3 is 0 Å². The molecule has 0 radical (unpaired) electrons. The SMILES string of the molecule is COc1ccc(-c2csc3ncn(Cc4ccsc4)c(=O)c23)c(OC)c1. The second-order valence-electron chi connectivity index (χ2n) is 5.70. The smallest absolute Gasteiger partial charge is 0.263 e. The maximum absolute atomic E-state index is 13.1. The number of hydrogen-bond donors (Lipinski definition) is 0. The fourth-order valence-electron chi connectivity index (χ4n) is 2.88. The van der Waals surface area contributed by atoms with Crippen molar-refractivity contribution in [2.75, 3.05) is 14.2 Å². The van der Waals surface area contributed by atoms with Gasteiger partial charge in [-0.3, -0.25) is 9.36 Å². The number of methoxy groups -OCH3 is 2. The zero-order valence-electron chi connectivity index (χ0n) is 14.3. The van der Waals surface area contributed by atoms with E-state index in [9.17, 15) is 4.79 Å². The number of rotatable bonds is 5. The highest BCUT2D eigenvalue weighted by Crippen LogP contribution is 2.38. The van der Waals surface area contributed by atoms with E-state index in [1.54, 1.807) is 36.5 Å². The largest absolute Gasteiger partial charge is 0.497 e. The molecule has 0 atom stereocenters. The van der Waals surface area contributed by atoms with Gasteiger partial charge in [0, 0.05) is 22.6 Å². The zero-order chi connectivity index (χ0) is 18.1. The van der Waals surface area contributed by atoms with E-state index >= 15 is 0 Å². The first-order valence-corrected chi connectivity index (χ1v) is 9.73. The monoisotopic (exact) mass is 384 g/mol. The molecule has 4 rings (SSSR count). The van der Waals surface area contributed by atoms with Crippen molar-refractivity contribution in [3.05, 3.63) is 62.7 Å². The number of aromatic nitrogens is 2. The third-order valence-corrected chi connectivity index (χ3v) is 5.81. The molecular formula is C19H16N2O3S2. The molecule has 0 saturated heterocycles. The molecule has 0 spiro atoms. The van der Waals surface area contributed by atoms with Crippen molar-refractivity contribution in [2.45, 2.75) is 6.54 Å². The maximum atomic E-state index is 13.1. The van der Waals surface area contributed by atoms with Gasteiger partial charge in [0.15, 0.2) is 0 Å². The first kappa shape index (κ1) is 16.8. The molecule has 0 saturated carbocycles. The van der Waals surface area contributed by atoms with Crippen LogP contribution in [0.2, 0.25) is 0 Å². The Bertz CT molecular complexity index is 1110. The Morgan fingerprint density at radius 2 is 2.00 bits per heavy atom. The van der Waals surface area contributed by atoms with Gasteiger partial charge in [0.05, 0.1) is 32.5 Å². The maximum Gasteiger partial charge on any atom is 0.263 e. The molecule has 1 aromatic carbocycles. The van der Waals surface area contributed by atoms with Crippen LogP contribution in [0.5, 0.6) is 11.5 Å². The normalized spacial score (nSPS) is 11.0. The first-order chi connectivity index (χ1) is 12.7. The van der Waals surface area contributed by atoms with Crippen LogP contribution in [0.25, 0.3) is 21.3 Å². The Labute approximate surface area is 158 Å². The van der Waals surface area contributed by atoms with Crippen LogP contribution in [0.15, 0.2) is 51.5 Å². The fourth-order valence-corrected chi connectivity index (χ4v) is 4.44. The molecule has 0 amide bonds. The Hall–Kier alpha value is -2.64. The van der Waals surface area contributed by atoms with E-state index in [4.69, 9.17) is 9.47 Å². The lowest BCUT2D eigenvalue weighted by Crippen LogP contribution is -2.20. The number of fused-ring (bicyclic) bond motifs is 1. The van der Waals surface area contributed by atoms with Gasteiger partial charge in [0.25, 0.3) is 5.56 Å². The average Bonchev–Trinajstić information content (AvgIpc) is 3.33. The van der Waals surface area contributed by atoms with Crippen LogP contribution >= 0.6 is 22.7 Å². The lowest BCUT2D eigenvalue weighted by atomic mass is 10.0. The Kier molecular flexibility index (Phi) is 4.48. The lowest BCUT2D eigenvalue weighted by molar-refractivity contribution is 0.395. The molecule has 0 unspecified atom stereocenters. The third-order valence-electron chi connectivity index (χ3n) is 4.19. The quantitative estimate of drug-likeness (QED) is 0.516. The first-order valence-electron chi connectivity index (χ1n) is 7.91. The van der Waals surface area contributed by atoms with E-state index in [0.29, 0.717) is 23.4 Å². The van der Waals surface area contributed by atoms with Crippen LogP contribution in [0.1, 0.15) is 5.56 Å². The summed E-state index contributed by atoms with van der Waals surface area (Å²) in [6.07, 6.45) is 1.62. The molecule has 3 heterocycles. The number of benzene rings is 1. The van der Waals surface area contributed by atoms with Crippen LogP contribution in [0.4, 0.5) is 0 Å². The molecule has 0 fully saturated rings. The van der Waals surface area contributed by atoms with E-state index in [1.165, 1.54) is 11.3 Å². The second-order valence-corrected chi connectivity index (χ2v) is 7.34. The van der Waals surface area contributed by atoms with Gasteiger partial charge in [-0.05, 0) is 34.5 Å². The number of ether oxygens (including phenoxy) is 2. The van der Waals surface area contributed by atoms with Crippen molar-refractivity contribution in [3.8, 4) is 22.6 Å². The van der Waals surface area contributed by atoms with Crippen LogP contribution in [-0.4, -0.2) is 23.8 Å². The van der Waals surface area contributed by atoms with Gasteiger partial charge in [-0.15, -0.1) is 11.3 Å². The van der Waals surface area contributed by atoms with Crippen LogP contribution in [-0.2, 0) is 6.54 Å². The standard InChI is InChI=1S/C19H16N2O3S2/c1-23-13-3-4-14(16(7-13)24-2)15-10-26-18-17(15)19(22)21(11-20-18)8-12-5-6-25-9-12/h3-7,9-11H,8H2,1-2H3. The van der Waals surface area contributed by atoms with Crippen molar-refractivity contribution >= 4 is 32.9 Å². The zero-order valence-corrected chi connectivity index (χ0v) is 15.9. The summed E-state index contributed by atoms with van der Waals surface area (Å²) in [5, 5.41) is 6.62. The Morgan fingerprint density at radius 3 is 2.73 bits per heavy atom. The third kappa shape index (κ3) is 2.89. The molecule has 0 aliphatic heterocycles. The molecule has 3 aromatic heterocycles. The topological polar surface area (TPSA) is 53.4 Å². The van der Waals surface area contributed by atoms with Crippen molar-refractivity contribution in [1.29, 1.82) is 0 Å². The lowest BCUT2D eigenvalue weighted by Gasteiger charge is -2.10. The Balaban J connectivity index is 1.88. The van der Waals surface area contributed by atoms with E-state index in [2.05, 4.69) is 4.98 Å².